The van der Waals surface area contributed by atoms with Crippen molar-refractivity contribution in [2.75, 3.05) is 31.6 Å². The standard InChI is InChI=1S/C15H26F8NPS/c1-3-4-5-8-24(2)9-6-10-26-11-7-12(16,17)14(20,25)13(18,19)15(21,22)23/h3-11,25H2,1-2H3. The van der Waals surface area contributed by atoms with Crippen LogP contribution >= 0.6 is 21.0 Å². The first-order chi connectivity index (χ1) is 11.7. The zero-order valence-electron chi connectivity index (χ0n) is 14.8. The van der Waals surface area contributed by atoms with Crippen molar-refractivity contribution in [3.63, 3.8) is 0 Å². The molecule has 2 atom stereocenters. The Morgan fingerprint density at radius 1 is 0.846 bits per heavy atom. The second-order valence-electron chi connectivity index (χ2n) is 6.21. The van der Waals surface area contributed by atoms with Crippen LogP contribution in [0.3, 0.4) is 0 Å². The second kappa shape index (κ2) is 10.6. The van der Waals surface area contributed by atoms with E-state index in [0.29, 0.717) is 21.4 Å². The van der Waals surface area contributed by atoms with Gasteiger partial charge in [0.15, 0.2) is 0 Å². The number of hydrogen-bond donors (Lipinski definition) is 0. The van der Waals surface area contributed by atoms with E-state index in [2.05, 4.69) is 11.8 Å². The first kappa shape index (κ1) is 26.2. The molecule has 11 heteroatoms. The highest BCUT2D eigenvalue weighted by Gasteiger charge is 2.77. The normalized spacial score (nSPS) is 16.2. The lowest BCUT2D eigenvalue weighted by Crippen LogP contribution is -2.59. The van der Waals surface area contributed by atoms with Gasteiger partial charge in [0, 0.05) is 6.42 Å². The topological polar surface area (TPSA) is 3.24 Å². The third-order valence-electron chi connectivity index (χ3n) is 3.88. The van der Waals surface area contributed by atoms with Gasteiger partial charge in [0.25, 0.3) is 11.3 Å². The average molecular weight is 435 g/mol. The van der Waals surface area contributed by atoms with Gasteiger partial charge in [-0.1, -0.05) is 29.0 Å². The van der Waals surface area contributed by atoms with E-state index in [9.17, 15) is 35.1 Å². The minimum Gasteiger partial charge on any atom is -0.306 e. The van der Waals surface area contributed by atoms with Gasteiger partial charge in [0.05, 0.1) is 0 Å². The molecule has 0 aliphatic rings. The Morgan fingerprint density at radius 2 is 1.38 bits per heavy atom. The van der Waals surface area contributed by atoms with Crippen LogP contribution in [0.5, 0.6) is 0 Å². The van der Waals surface area contributed by atoms with Crippen molar-refractivity contribution in [2.45, 2.75) is 62.5 Å². The molecular weight excluding hydrogens is 409 g/mol. The predicted octanol–water partition coefficient (Wildman–Crippen LogP) is 6.00. The van der Waals surface area contributed by atoms with Gasteiger partial charge < -0.3 is 4.90 Å². The first-order valence-electron chi connectivity index (χ1n) is 8.27. The highest BCUT2D eigenvalue weighted by atomic mass is 32.2. The minimum atomic E-state index is -6.40. The number of thioether (sulfide) groups is 1. The summed E-state index contributed by atoms with van der Waals surface area (Å²) in [6.45, 7) is 3.70. The fourth-order valence-corrected chi connectivity index (χ4v) is 3.35. The number of hydrogen-bond acceptors (Lipinski definition) is 2. The van der Waals surface area contributed by atoms with E-state index in [4.69, 9.17) is 0 Å². The molecule has 2 unspecified atom stereocenters. The number of nitrogens with zero attached hydrogens (tertiary/aromatic N) is 1. The second-order valence-corrected chi connectivity index (χ2v) is 8.23. The predicted molar refractivity (Wildman–Crippen MR) is 93.1 cm³/mol. The van der Waals surface area contributed by atoms with Gasteiger partial charge in [0.2, 0.25) is 0 Å². The van der Waals surface area contributed by atoms with E-state index in [1.807, 2.05) is 7.05 Å². The smallest absolute Gasteiger partial charge is 0.306 e. The monoisotopic (exact) mass is 435 g/mol. The molecule has 0 aliphatic heterocycles. The third kappa shape index (κ3) is 7.30. The zero-order valence-corrected chi connectivity index (χ0v) is 16.8. The number of unbranched alkanes of at least 4 members (excludes halogenated alkanes) is 2. The molecule has 0 aliphatic carbocycles. The molecule has 0 amide bonds. The van der Waals surface area contributed by atoms with E-state index >= 15 is 0 Å². The minimum absolute atomic E-state index is 0.355. The Morgan fingerprint density at radius 3 is 1.88 bits per heavy atom. The van der Waals surface area contributed by atoms with E-state index in [1.54, 1.807) is 0 Å². The van der Waals surface area contributed by atoms with E-state index < -0.39 is 35.6 Å². The lowest BCUT2D eigenvalue weighted by atomic mass is 10.0. The third-order valence-corrected chi connectivity index (χ3v) is 5.73. The van der Waals surface area contributed by atoms with Crippen LogP contribution < -0.4 is 0 Å². The molecule has 0 N–H and O–H groups in total. The zero-order chi connectivity index (χ0) is 20.6. The van der Waals surface area contributed by atoms with Crippen molar-refractivity contribution in [3.8, 4) is 0 Å². The Balaban J connectivity index is 4.29. The Labute approximate surface area is 155 Å². The molecular formula is C15H26F8NPS. The molecule has 0 aromatic carbocycles. The van der Waals surface area contributed by atoms with Gasteiger partial charge in [-0.25, -0.2) is 13.2 Å². The van der Waals surface area contributed by atoms with Crippen LogP contribution in [0.4, 0.5) is 35.1 Å². The average Bonchev–Trinajstić information content (AvgIpc) is 2.49. The summed E-state index contributed by atoms with van der Waals surface area (Å²) in [7, 11) is 2.27. The summed E-state index contributed by atoms with van der Waals surface area (Å²) >= 11 is 0.976. The molecule has 26 heavy (non-hydrogen) atoms. The SMILES string of the molecule is CCCCCN(C)CCCSCCC(F)(F)C(F)(P)C(F)(F)C(F)(F)F. The van der Waals surface area contributed by atoms with Crippen LogP contribution in [0.25, 0.3) is 0 Å². The van der Waals surface area contributed by atoms with Gasteiger partial charge >= 0.3 is 12.1 Å². The molecule has 1 nitrogen and oxygen atoms in total. The summed E-state index contributed by atoms with van der Waals surface area (Å²) in [5, 5.41) is -5.09. The van der Waals surface area contributed by atoms with Gasteiger partial charge in [0.1, 0.15) is 0 Å². The van der Waals surface area contributed by atoms with Crippen LogP contribution in [0, 0.1) is 0 Å². The number of halogens is 8. The van der Waals surface area contributed by atoms with Crippen LogP contribution in [0.15, 0.2) is 0 Å². The molecule has 0 spiro atoms. The molecule has 0 aromatic rings. The lowest BCUT2D eigenvalue weighted by Gasteiger charge is -2.36. The van der Waals surface area contributed by atoms with E-state index in [1.165, 1.54) is 0 Å². The van der Waals surface area contributed by atoms with Crippen molar-refractivity contribution < 1.29 is 35.1 Å². The maximum absolute atomic E-state index is 13.7. The number of rotatable bonds is 13. The van der Waals surface area contributed by atoms with Crippen molar-refractivity contribution in [1.82, 2.24) is 4.90 Å². The maximum atomic E-state index is 13.7. The van der Waals surface area contributed by atoms with Gasteiger partial charge in [-0.3, -0.25) is 0 Å². The summed E-state index contributed by atoms with van der Waals surface area (Å²) in [6.07, 6.45) is -3.91. The van der Waals surface area contributed by atoms with Gasteiger partial charge in [-0.05, 0) is 44.5 Å². The summed E-state index contributed by atoms with van der Waals surface area (Å²) in [5.41, 5.74) is 0. The molecule has 0 saturated heterocycles. The highest BCUT2D eigenvalue weighted by Crippen LogP contribution is 2.56. The molecule has 0 heterocycles. The van der Waals surface area contributed by atoms with Crippen LogP contribution in [-0.2, 0) is 0 Å². The van der Waals surface area contributed by atoms with Crippen molar-refractivity contribution in [3.05, 3.63) is 0 Å². The van der Waals surface area contributed by atoms with Crippen molar-refractivity contribution >= 4 is 21.0 Å². The van der Waals surface area contributed by atoms with Gasteiger partial charge in [-0.2, -0.15) is 33.7 Å². The molecule has 0 radical (unpaired) electrons. The lowest BCUT2D eigenvalue weighted by molar-refractivity contribution is -0.337. The fraction of sp³-hybridized carbons (Fsp3) is 1.00. The maximum Gasteiger partial charge on any atom is 0.457 e. The molecule has 158 valence electrons. The molecule has 0 saturated carbocycles. The molecule has 0 fully saturated rings. The summed E-state index contributed by atoms with van der Waals surface area (Å²) < 4.78 is 104. The summed E-state index contributed by atoms with van der Waals surface area (Å²) in [6, 6.07) is 0. The molecule has 0 rings (SSSR count). The fourth-order valence-electron chi connectivity index (χ4n) is 2.10. The summed E-state index contributed by atoms with van der Waals surface area (Å²) in [4.78, 5) is 2.07. The van der Waals surface area contributed by atoms with Gasteiger partial charge in [-0.15, -0.1) is 0 Å². The van der Waals surface area contributed by atoms with E-state index in [-0.39, 0.29) is 0 Å². The van der Waals surface area contributed by atoms with Crippen molar-refractivity contribution in [1.29, 1.82) is 0 Å². The van der Waals surface area contributed by atoms with E-state index in [0.717, 1.165) is 44.1 Å². The number of alkyl halides is 8. The highest BCUT2D eigenvalue weighted by molar-refractivity contribution is 7.99. The van der Waals surface area contributed by atoms with Crippen LogP contribution in [0.2, 0.25) is 0 Å². The first-order valence-corrected chi connectivity index (χ1v) is 10.0. The Hall–Kier alpha value is 0.180. The quantitative estimate of drug-likeness (QED) is 0.198. The van der Waals surface area contributed by atoms with Crippen LogP contribution in [0.1, 0.15) is 39.0 Å². The largest absolute Gasteiger partial charge is 0.457 e. The van der Waals surface area contributed by atoms with Crippen LogP contribution in [-0.4, -0.2) is 60.0 Å². The molecule has 0 aromatic heterocycles. The summed E-state index contributed by atoms with van der Waals surface area (Å²) in [5.74, 6) is -11.0. The Kier molecular flexibility index (Phi) is 10.7. The Bertz CT molecular complexity index is 404. The van der Waals surface area contributed by atoms with Crippen molar-refractivity contribution in [2.24, 2.45) is 0 Å². The molecule has 0 bridgehead atoms.